The second kappa shape index (κ2) is 14.5. The van der Waals surface area contributed by atoms with Crippen LogP contribution in [0, 0.1) is 63.1 Å². The Bertz CT molecular complexity index is 1960. The molecule has 0 aromatic rings. The lowest BCUT2D eigenvalue weighted by Gasteiger charge is -2.62. The van der Waals surface area contributed by atoms with Gasteiger partial charge in [-0.25, -0.2) is 4.79 Å². The summed E-state index contributed by atoms with van der Waals surface area (Å²) >= 11 is 0. The van der Waals surface area contributed by atoms with Crippen LogP contribution in [0.2, 0.25) is 0 Å². The Morgan fingerprint density at radius 2 is 1.17 bits per heavy atom. The fourth-order valence-corrected chi connectivity index (χ4v) is 16.0. The number of ether oxygens (including phenoxy) is 2. The zero-order chi connectivity index (χ0) is 43.7. The average molecular weight is 839 g/mol. The number of carbonyl (C=O) groups is 6. The Hall–Kier alpha value is -3.14. The Morgan fingerprint density at radius 1 is 0.717 bits per heavy atom. The Morgan fingerprint density at radius 3 is 1.63 bits per heavy atom. The van der Waals surface area contributed by atoms with Gasteiger partial charge in [0.25, 0.3) is 0 Å². The van der Waals surface area contributed by atoms with Crippen LogP contribution in [-0.2, 0) is 38.2 Å². The third-order valence-electron chi connectivity index (χ3n) is 18.8. The van der Waals surface area contributed by atoms with Gasteiger partial charge in [-0.15, -0.1) is 0 Å². The third-order valence-corrected chi connectivity index (χ3v) is 18.8. The van der Waals surface area contributed by atoms with Crippen molar-refractivity contribution in [3.8, 4) is 0 Å². The number of fused-ring (bicyclic) bond motifs is 10. The summed E-state index contributed by atoms with van der Waals surface area (Å²) in [4.78, 5) is 80.9. The second-order valence-corrected chi connectivity index (χ2v) is 20.8. The standard InChI is InChI=1S/C46H62O14/c1-22(49)59-39(31-16-25(50)14-23-6-8-27-29-10-12-45(57,34(54)20-47)41(29,2)18-32(52)37(27)43(23,31)4)40(56)60-36-17-26(51)15-24-7-9-28-30-11-13-46(58,35(55)21-48)42(30,3)19-33(53)38(28)44(24,36)5/h14-15,27-33,36-39,47-48,52-53,57-58H,6-13,16-21H2,1-5H3/t27-,28-,29-,30-,31?,32-,33-,36?,37+,38+,39?,41-,42-,43+,44+,45-,46-/m0/s1. The van der Waals surface area contributed by atoms with Gasteiger partial charge >= 0.3 is 11.9 Å². The van der Waals surface area contributed by atoms with Crippen LogP contribution in [0.25, 0.3) is 0 Å². The van der Waals surface area contributed by atoms with Gasteiger partial charge in [-0.1, -0.05) is 38.8 Å². The summed E-state index contributed by atoms with van der Waals surface area (Å²) in [6.45, 7) is 6.86. The maximum absolute atomic E-state index is 15.0. The van der Waals surface area contributed by atoms with Gasteiger partial charge in [-0.3, -0.25) is 24.0 Å². The highest BCUT2D eigenvalue weighted by Gasteiger charge is 2.72. The first-order valence-electron chi connectivity index (χ1n) is 22.0. The molecule has 0 radical (unpaired) electrons. The van der Waals surface area contributed by atoms with Gasteiger partial charge in [0.1, 0.15) is 30.5 Å². The molecule has 0 aromatic heterocycles. The number of aliphatic hydroxyl groups is 6. The minimum absolute atomic E-state index is 0.0292. The lowest BCUT2D eigenvalue weighted by atomic mass is 9.43. The molecule has 14 heteroatoms. The first-order valence-corrected chi connectivity index (χ1v) is 22.0. The van der Waals surface area contributed by atoms with Crippen molar-refractivity contribution in [2.75, 3.05) is 13.2 Å². The fourth-order valence-electron chi connectivity index (χ4n) is 16.0. The number of hydrogen-bond acceptors (Lipinski definition) is 14. The Kier molecular flexibility index (Phi) is 10.5. The number of aliphatic hydroxyl groups excluding tert-OH is 4. The molecule has 330 valence electrons. The summed E-state index contributed by atoms with van der Waals surface area (Å²) < 4.78 is 12.3. The highest BCUT2D eigenvalue weighted by Crippen LogP contribution is 2.70. The summed E-state index contributed by atoms with van der Waals surface area (Å²) in [6, 6.07) is 0. The lowest BCUT2D eigenvalue weighted by molar-refractivity contribution is -0.209. The van der Waals surface area contributed by atoms with E-state index >= 15 is 0 Å². The second-order valence-electron chi connectivity index (χ2n) is 20.8. The zero-order valence-corrected chi connectivity index (χ0v) is 35.4. The van der Waals surface area contributed by atoms with Crippen LogP contribution >= 0.6 is 0 Å². The van der Waals surface area contributed by atoms with Crippen molar-refractivity contribution in [1.82, 2.24) is 0 Å². The van der Waals surface area contributed by atoms with Gasteiger partial charge in [-0.05, 0) is 106 Å². The van der Waals surface area contributed by atoms with Gasteiger partial charge in [0.2, 0.25) is 6.10 Å². The summed E-state index contributed by atoms with van der Waals surface area (Å²) in [5.74, 6) is -6.71. The van der Waals surface area contributed by atoms with E-state index in [0.717, 1.165) is 6.92 Å². The van der Waals surface area contributed by atoms with Crippen molar-refractivity contribution in [3.05, 3.63) is 23.3 Å². The van der Waals surface area contributed by atoms with Crippen molar-refractivity contribution < 1.29 is 68.9 Å². The van der Waals surface area contributed by atoms with Crippen molar-refractivity contribution >= 4 is 35.1 Å². The molecular weight excluding hydrogens is 776 g/mol. The SMILES string of the molecule is CC(=O)OC(C(=O)OC1CC(=O)C=C2CC[C@@H]3[C@H]([C@@H](O)C[C@@]4(C)[C@H]3CC[C@]4(O)C(=O)CO)[C@]21C)C1CC(=O)C=C2CC[C@@H]3[C@H]([C@@H](O)C[C@@]4(C)[C@H]3CC[C@]4(O)C(=O)CO)[C@]21C. The normalized spacial score (nSPS) is 48.5. The van der Waals surface area contributed by atoms with Gasteiger partial charge in [0.05, 0.1) is 12.2 Å². The van der Waals surface area contributed by atoms with Gasteiger partial charge < -0.3 is 40.1 Å². The predicted octanol–water partition coefficient (Wildman–Crippen LogP) is 2.26. The molecule has 60 heavy (non-hydrogen) atoms. The molecule has 0 bridgehead atoms. The maximum Gasteiger partial charge on any atom is 0.348 e. The van der Waals surface area contributed by atoms with E-state index in [0.29, 0.717) is 49.7 Å². The molecule has 0 aliphatic heterocycles. The molecule has 0 aromatic carbocycles. The number of ketones is 4. The molecule has 17 atom stereocenters. The summed E-state index contributed by atoms with van der Waals surface area (Å²) in [7, 11) is 0. The minimum atomic E-state index is -1.83. The summed E-state index contributed by atoms with van der Waals surface area (Å²) in [5.41, 5.74) is -6.45. The predicted molar refractivity (Wildman–Crippen MR) is 210 cm³/mol. The van der Waals surface area contributed by atoms with E-state index in [1.807, 2.05) is 13.8 Å². The quantitative estimate of drug-likeness (QED) is 0.192. The molecular formula is C46H62O14. The molecule has 0 amide bonds. The molecule has 6 N–H and O–H groups in total. The number of hydrogen-bond donors (Lipinski definition) is 6. The van der Waals surface area contributed by atoms with E-state index < -0.39 is 112 Å². The molecule has 6 saturated carbocycles. The average Bonchev–Trinajstić information content (AvgIpc) is 3.61. The van der Waals surface area contributed by atoms with Gasteiger partial charge in [-0.2, -0.15) is 0 Å². The maximum atomic E-state index is 15.0. The molecule has 0 heterocycles. The van der Waals surface area contributed by atoms with Crippen molar-refractivity contribution in [3.63, 3.8) is 0 Å². The van der Waals surface area contributed by atoms with Crippen LogP contribution in [0.15, 0.2) is 23.3 Å². The third kappa shape index (κ3) is 5.72. The first kappa shape index (κ1) is 43.5. The summed E-state index contributed by atoms with van der Waals surface area (Å²) in [6.07, 6.45) is 1.06. The van der Waals surface area contributed by atoms with Gasteiger partial charge in [0, 0.05) is 53.3 Å². The van der Waals surface area contributed by atoms with Crippen molar-refractivity contribution in [1.29, 1.82) is 0 Å². The summed E-state index contributed by atoms with van der Waals surface area (Å²) in [5, 5.41) is 67.5. The van der Waals surface area contributed by atoms with Gasteiger partial charge in [0.15, 0.2) is 23.1 Å². The topological polar surface area (TPSA) is 242 Å². The molecule has 14 nitrogen and oxygen atoms in total. The zero-order valence-electron chi connectivity index (χ0n) is 35.4. The number of esters is 2. The fraction of sp³-hybridized carbons (Fsp3) is 0.783. The van der Waals surface area contributed by atoms with Crippen molar-refractivity contribution in [2.24, 2.45) is 63.1 Å². The van der Waals surface area contributed by atoms with Crippen LogP contribution in [0.3, 0.4) is 0 Å². The Labute approximate surface area is 350 Å². The van der Waals surface area contributed by atoms with Crippen LogP contribution in [-0.4, -0.2) is 115 Å². The number of allylic oxidation sites excluding steroid dienone is 1. The molecule has 6 fully saturated rings. The van der Waals surface area contributed by atoms with Crippen LogP contribution in [0.1, 0.15) is 112 Å². The highest BCUT2D eigenvalue weighted by atomic mass is 16.6. The molecule has 8 aliphatic carbocycles. The largest absolute Gasteiger partial charge is 0.458 e. The van der Waals surface area contributed by atoms with E-state index in [4.69, 9.17) is 9.47 Å². The molecule has 8 rings (SSSR count). The Balaban J connectivity index is 1.14. The van der Waals surface area contributed by atoms with Crippen LogP contribution < -0.4 is 0 Å². The molecule has 0 spiro atoms. The van der Waals surface area contributed by atoms with Crippen LogP contribution in [0.5, 0.6) is 0 Å². The monoisotopic (exact) mass is 838 g/mol. The van der Waals surface area contributed by atoms with E-state index in [1.54, 1.807) is 26.0 Å². The van der Waals surface area contributed by atoms with E-state index in [1.165, 1.54) is 0 Å². The van der Waals surface area contributed by atoms with E-state index in [2.05, 4.69) is 0 Å². The molecule has 3 unspecified atom stereocenters. The smallest absolute Gasteiger partial charge is 0.348 e. The molecule has 8 aliphatic rings. The molecule has 0 saturated heterocycles. The minimum Gasteiger partial charge on any atom is -0.458 e. The lowest BCUT2D eigenvalue weighted by Crippen LogP contribution is -2.65. The first-order chi connectivity index (χ1) is 28.1. The van der Waals surface area contributed by atoms with Crippen LogP contribution in [0.4, 0.5) is 0 Å². The van der Waals surface area contributed by atoms with E-state index in [-0.39, 0.29) is 73.8 Å². The number of Topliss-reactive ketones (excluding diaryl/α,β-unsaturated/α-hetero) is 2. The number of rotatable bonds is 8. The van der Waals surface area contributed by atoms with Crippen molar-refractivity contribution in [2.45, 2.75) is 147 Å². The van der Waals surface area contributed by atoms with E-state index in [9.17, 15) is 59.4 Å². The number of carbonyl (C=O) groups excluding carboxylic acids is 6. The highest BCUT2D eigenvalue weighted by molar-refractivity contribution is 5.94.